The predicted octanol–water partition coefficient (Wildman–Crippen LogP) is 1.29. The number of ether oxygens (including phenoxy) is 2. The van der Waals surface area contributed by atoms with Gasteiger partial charge in [-0.25, -0.2) is 0 Å². The summed E-state index contributed by atoms with van der Waals surface area (Å²) in [5, 5.41) is 0.461. The van der Waals surface area contributed by atoms with E-state index in [1.807, 2.05) is 0 Å². The summed E-state index contributed by atoms with van der Waals surface area (Å²) < 4.78 is 12.4. The number of aromatic nitrogens is 2. The number of nitrogens with two attached hydrogens (primary N) is 1. The number of amides is 2. The van der Waals surface area contributed by atoms with Crippen LogP contribution in [-0.2, 0) is 16.1 Å². The Morgan fingerprint density at radius 3 is 2.59 bits per heavy atom. The summed E-state index contributed by atoms with van der Waals surface area (Å²) in [6.45, 7) is 1.53. The van der Waals surface area contributed by atoms with Crippen molar-refractivity contribution in [3.05, 3.63) is 27.3 Å². The number of hydrogen-bond donors (Lipinski definition) is 2. The lowest BCUT2D eigenvalue weighted by Crippen LogP contribution is -2.41. The number of rotatable bonds is 5. The first kappa shape index (κ1) is 19.4. The molecule has 1 fully saturated rings. The molecule has 29 heavy (non-hydrogen) atoms. The fourth-order valence-corrected chi connectivity index (χ4v) is 4.09. The molecule has 2 aromatic rings. The molecule has 9 nitrogen and oxygen atoms in total. The lowest BCUT2D eigenvalue weighted by atomic mass is 9.96. The zero-order chi connectivity index (χ0) is 20.5. The first-order valence-electron chi connectivity index (χ1n) is 9.57. The SMILES string of the molecule is NC(=O)C1CCN(C(=O)CCCn2c(=S)[nH]c3cc4c(cc3c2=O)OCO4)CC1. The van der Waals surface area contributed by atoms with Crippen LogP contribution in [0.1, 0.15) is 25.7 Å². The molecule has 0 bridgehead atoms. The molecule has 1 aromatic heterocycles. The summed E-state index contributed by atoms with van der Waals surface area (Å²) in [5.41, 5.74) is 5.70. The number of carbonyl (C=O) groups excluding carboxylic acids is 2. The minimum atomic E-state index is -0.301. The van der Waals surface area contributed by atoms with Gasteiger partial charge in [-0.2, -0.15) is 0 Å². The van der Waals surface area contributed by atoms with E-state index in [0.717, 1.165) is 0 Å². The van der Waals surface area contributed by atoms with E-state index in [4.69, 9.17) is 27.4 Å². The van der Waals surface area contributed by atoms with Crippen LogP contribution >= 0.6 is 12.2 Å². The molecule has 0 unspecified atom stereocenters. The van der Waals surface area contributed by atoms with Crippen LogP contribution < -0.4 is 20.8 Å². The van der Waals surface area contributed by atoms with Crippen molar-refractivity contribution in [2.24, 2.45) is 11.7 Å². The maximum absolute atomic E-state index is 12.9. The molecule has 154 valence electrons. The number of nitrogens with one attached hydrogen (secondary N) is 1. The third kappa shape index (κ3) is 3.84. The fourth-order valence-electron chi connectivity index (χ4n) is 3.81. The lowest BCUT2D eigenvalue weighted by molar-refractivity contribution is -0.135. The van der Waals surface area contributed by atoms with Gasteiger partial charge in [0.25, 0.3) is 5.56 Å². The van der Waals surface area contributed by atoms with Gasteiger partial charge in [-0.05, 0) is 37.5 Å². The van der Waals surface area contributed by atoms with Gasteiger partial charge in [0.2, 0.25) is 18.6 Å². The molecule has 2 aliphatic rings. The van der Waals surface area contributed by atoms with Gasteiger partial charge in [-0.3, -0.25) is 19.0 Å². The largest absolute Gasteiger partial charge is 0.454 e. The standard InChI is InChI=1S/C19H22N4O5S/c20-17(25)11-3-6-22(7-4-11)16(24)2-1-5-23-18(26)12-8-14-15(28-10-27-14)9-13(12)21-19(23)29/h8-9,11H,1-7,10H2,(H2,20,25)(H,21,29). The Hall–Kier alpha value is -2.88. The van der Waals surface area contributed by atoms with Crippen LogP contribution in [0.4, 0.5) is 0 Å². The van der Waals surface area contributed by atoms with Gasteiger partial charge in [0.05, 0.1) is 10.9 Å². The van der Waals surface area contributed by atoms with Crippen molar-refractivity contribution < 1.29 is 19.1 Å². The van der Waals surface area contributed by atoms with Gasteiger partial charge in [0.15, 0.2) is 16.3 Å². The second-order valence-electron chi connectivity index (χ2n) is 7.30. The molecule has 1 aromatic carbocycles. The minimum absolute atomic E-state index is 0.0139. The van der Waals surface area contributed by atoms with Gasteiger partial charge >= 0.3 is 0 Å². The number of benzene rings is 1. The predicted molar refractivity (Wildman–Crippen MR) is 107 cm³/mol. The Bertz CT molecular complexity index is 1080. The van der Waals surface area contributed by atoms with E-state index in [2.05, 4.69) is 4.98 Å². The summed E-state index contributed by atoms with van der Waals surface area (Å²) in [6.07, 6.45) is 2.00. The number of aromatic amines is 1. The molecule has 0 aliphatic carbocycles. The second kappa shape index (κ2) is 7.86. The number of primary amides is 1. The van der Waals surface area contributed by atoms with Gasteiger partial charge in [0, 0.05) is 38.0 Å². The van der Waals surface area contributed by atoms with Crippen molar-refractivity contribution in [2.45, 2.75) is 32.2 Å². The van der Waals surface area contributed by atoms with Crippen molar-refractivity contribution in [3.63, 3.8) is 0 Å². The average Bonchev–Trinajstić information content (AvgIpc) is 3.16. The van der Waals surface area contributed by atoms with Crippen molar-refractivity contribution >= 4 is 34.9 Å². The molecular weight excluding hydrogens is 396 g/mol. The number of H-pyrrole nitrogens is 1. The number of carbonyl (C=O) groups is 2. The van der Waals surface area contributed by atoms with Crippen LogP contribution in [0.15, 0.2) is 16.9 Å². The molecule has 0 atom stereocenters. The van der Waals surface area contributed by atoms with Crippen LogP contribution in [-0.4, -0.2) is 46.1 Å². The van der Waals surface area contributed by atoms with E-state index < -0.39 is 0 Å². The van der Waals surface area contributed by atoms with Crippen molar-refractivity contribution in [1.29, 1.82) is 0 Å². The van der Waals surface area contributed by atoms with Crippen LogP contribution in [0.3, 0.4) is 0 Å². The number of piperidine rings is 1. The molecule has 0 radical (unpaired) electrons. The zero-order valence-electron chi connectivity index (χ0n) is 15.8. The molecule has 0 saturated carbocycles. The molecule has 2 amide bonds. The quantitative estimate of drug-likeness (QED) is 0.706. The highest BCUT2D eigenvalue weighted by Gasteiger charge is 2.25. The highest BCUT2D eigenvalue weighted by atomic mass is 32.1. The van der Waals surface area contributed by atoms with E-state index in [1.54, 1.807) is 17.0 Å². The molecule has 4 rings (SSSR count). The van der Waals surface area contributed by atoms with Crippen LogP contribution in [0, 0.1) is 10.7 Å². The number of nitrogens with zero attached hydrogens (tertiary/aromatic N) is 2. The lowest BCUT2D eigenvalue weighted by Gasteiger charge is -2.30. The van der Waals surface area contributed by atoms with E-state index in [9.17, 15) is 14.4 Å². The van der Waals surface area contributed by atoms with Crippen LogP contribution in [0.5, 0.6) is 11.5 Å². The third-order valence-corrected chi connectivity index (χ3v) is 5.82. The summed E-state index contributed by atoms with van der Waals surface area (Å²) in [5.74, 6) is 0.668. The monoisotopic (exact) mass is 418 g/mol. The first-order chi connectivity index (χ1) is 13.9. The van der Waals surface area contributed by atoms with Crippen LogP contribution in [0.25, 0.3) is 10.9 Å². The smallest absolute Gasteiger partial charge is 0.262 e. The molecular formula is C19H22N4O5S. The van der Waals surface area contributed by atoms with E-state index in [-0.39, 0.29) is 30.1 Å². The Kier molecular flexibility index (Phi) is 5.27. The molecule has 3 heterocycles. The summed E-state index contributed by atoms with van der Waals surface area (Å²) in [7, 11) is 0. The van der Waals surface area contributed by atoms with Gasteiger partial charge in [-0.1, -0.05) is 0 Å². The van der Waals surface area contributed by atoms with E-state index in [1.165, 1.54) is 4.57 Å². The van der Waals surface area contributed by atoms with Crippen molar-refractivity contribution in [2.75, 3.05) is 19.9 Å². The Balaban J connectivity index is 1.42. The maximum Gasteiger partial charge on any atom is 0.262 e. The highest BCUT2D eigenvalue weighted by molar-refractivity contribution is 7.71. The molecule has 1 saturated heterocycles. The molecule has 3 N–H and O–H groups in total. The highest BCUT2D eigenvalue weighted by Crippen LogP contribution is 2.34. The Labute approximate surface area is 171 Å². The van der Waals surface area contributed by atoms with Crippen molar-refractivity contribution in [3.8, 4) is 11.5 Å². The van der Waals surface area contributed by atoms with E-state index >= 15 is 0 Å². The Morgan fingerprint density at radius 2 is 1.90 bits per heavy atom. The zero-order valence-corrected chi connectivity index (χ0v) is 16.6. The summed E-state index contributed by atoms with van der Waals surface area (Å²) >= 11 is 5.33. The van der Waals surface area contributed by atoms with E-state index in [0.29, 0.717) is 72.5 Å². The fraction of sp³-hybridized carbons (Fsp3) is 0.474. The van der Waals surface area contributed by atoms with Gasteiger partial charge in [-0.15, -0.1) is 0 Å². The number of hydrogen-bond acceptors (Lipinski definition) is 6. The Morgan fingerprint density at radius 1 is 1.21 bits per heavy atom. The molecule has 10 heteroatoms. The number of likely N-dealkylation sites (tertiary alicyclic amines) is 1. The first-order valence-corrected chi connectivity index (χ1v) is 9.98. The average molecular weight is 418 g/mol. The van der Waals surface area contributed by atoms with Crippen LogP contribution in [0.2, 0.25) is 0 Å². The topological polar surface area (TPSA) is 120 Å². The minimum Gasteiger partial charge on any atom is -0.454 e. The van der Waals surface area contributed by atoms with Gasteiger partial charge < -0.3 is 25.1 Å². The van der Waals surface area contributed by atoms with Crippen molar-refractivity contribution in [1.82, 2.24) is 14.5 Å². The summed E-state index contributed by atoms with van der Waals surface area (Å²) in [6, 6.07) is 3.36. The molecule has 0 spiro atoms. The second-order valence-corrected chi connectivity index (χ2v) is 7.69. The molecule has 2 aliphatic heterocycles. The normalized spacial score (nSPS) is 16.3. The maximum atomic E-state index is 12.9. The summed E-state index contributed by atoms with van der Waals surface area (Å²) in [4.78, 5) is 41.3. The van der Waals surface area contributed by atoms with Gasteiger partial charge in [0.1, 0.15) is 0 Å². The third-order valence-electron chi connectivity index (χ3n) is 5.50. The number of fused-ring (bicyclic) bond motifs is 2.